The number of aryl methyl sites for hydroxylation is 2. The van der Waals surface area contributed by atoms with Crippen molar-refractivity contribution < 1.29 is 4.79 Å². The molecule has 2 rings (SSSR count). The largest absolute Gasteiger partial charge is 0.298 e. The smallest absolute Gasteiger partial charge is 0.151 e. The number of aldehydes is 1. The molecule has 0 aliphatic carbocycles. The van der Waals surface area contributed by atoms with Crippen molar-refractivity contribution in [1.82, 2.24) is 19.7 Å². The van der Waals surface area contributed by atoms with Gasteiger partial charge in [0, 0.05) is 24.6 Å². The first-order valence-corrected chi connectivity index (χ1v) is 5.63. The zero-order valence-corrected chi connectivity index (χ0v) is 9.92. The van der Waals surface area contributed by atoms with Crippen LogP contribution in [-0.2, 0) is 12.8 Å². The SMILES string of the molecule is CCc1nc(CC)n(-c2cncc(C=O)c2)n1. The van der Waals surface area contributed by atoms with Crippen LogP contribution in [0.3, 0.4) is 0 Å². The molecule has 0 bridgehead atoms. The maximum atomic E-state index is 10.7. The highest BCUT2D eigenvalue weighted by molar-refractivity contribution is 5.75. The number of carbonyl (C=O) groups excluding carboxylic acids is 1. The van der Waals surface area contributed by atoms with Crippen LogP contribution in [0.25, 0.3) is 5.69 Å². The second kappa shape index (κ2) is 4.86. The first kappa shape index (κ1) is 11.4. The fraction of sp³-hybridized carbons (Fsp3) is 0.333. The summed E-state index contributed by atoms with van der Waals surface area (Å²) in [5.74, 6) is 1.69. The van der Waals surface area contributed by atoms with Gasteiger partial charge in [-0.2, -0.15) is 5.10 Å². The van der Waals surface area contributed by atoms with Crippen LogP contribution in [0, 0.1) is 0 Å². The third kappa shape index (κ3) is 2.22. The van der Waals surface area contributed by atoms with Gasteiger partial charge in [-0.3, -0.25) is 9.78 Å². The molecule has 88 valence electrons. The van der Waals surface area contributed by atoms with E-state index in [-0.39, 0.29) is 0 Å². The van der Waals surface area contributed by atoms with Crippen molar-refractivity contribution in [2.45, 2.75) is 26.7 Å². The van der Waals surface area contributed by atoms with Gasteiger partial charge in [-0.25, -0.2) is 9.67 Å². The van der Waals surface area contributed by atoms with Crippen LogP contribution >= 0.6 is 0 Å². The number of rotatable bonds is 4. The minimum absolute atomic E-state index is 0.540. The van der Waals surface area contributed by atoms with Crippen LogP contribution in [0.15, 0.2) is 18.5 Å². The van der Waals surface area contributed by atoms with Crippen molar-refractivity contribution in [2.24, 2.45) is 0 Å². The Morgan fingerprint density at radius 3 is 2.76 bits per heavy atom. The van der Waals surface area contributed by atoms with Gasteiger partial charge in [0.2, 0.25) is 0 Å². The van der Waals surface area contributed by atoms with E-state index < -0.39 is 0 Å². The first-order chi connectivity index (χ1) is 8.28. The molecule has 0 fully saturated rings. The number of nitrogens with zero attached hydrogens (tertiary/aromatic N) is 4. The summed E-state index contributed by atoms with van der Waals surface area (Å²) in [6.45, 7) is 4.04. The fourth-order valence-electron chi connectivity index (χ4n) is 1.60. The van der Waals surface area contributed by atoms with E-state index in [1.54, 1.807) is 16.9 Å². The van der Waals surface area contributed by atoms with Crippen LogP contribution in [0.1, 0.15) is 35.9 Å². The van der Waals surface area contributed by atoms with Gasteiger partial charge in [0.25, 0.3) is 0 Å². The normalized spacial score (nSPS) is 10.5. The molecule has 2 aromatic rings. The molecule has 0 spiro atoms. The van der Waals surface area contributed by atoms with Crippen molar-refractivity contribution in [3.05, 3.63) is 35.7 Å². The van der Waals surface area contributed by atoms with Gasteiger partial charge >= 0.3 is 0 Å². The number of carbonyl (C=O) groups is 1. The molecule has 0 radical (unpaired) electrons. The molecule has 0 saturated carbocycles. The second-order valence-electron chi connectivity index (χ2n) is 3.66. The number of pyridine rings is 1. The van der Waals surface area contributed by atoms with Gasteiger partial charge in [-0.05, 0) is 6.07 Å². The third-order valence-electron chi connectivity index (χ3n) is 2.48. The van der Waals surface area contributed by atoms with E-state index in [0.717, 1.165) is 36.5 Å². The van der Waals surface area contributed by atoms with E-state index in [1.165, 1.54) is 6.20 Å². The Balaban J connectivity index is 2.50. The molecule has 0 aliphatic rings. The quantitative estimate of drug-likeness (QED) is 0.748. The van der Waals surface area contributed by atoms with Crippen LogP contribution in [-0.4, -0.2) is 26.0 Å². The summed E-state index contributed by atoms with van der Waals surface area (Å²) >= 11 is 0. The topological polar surface area (TPSA) is 60.7 Å². The van der Waals surface area contributed by atoms with Crippen LogP contribution in [0.2, 0.25) is 0 Å². The molecule has 5 nitrogen and oxygen atoms in total. The Labute approximate surface area is 99.5 Å². The third-order valence-corrected chi connectivity index (χ3v) is 2.48. The fourth-order valence-corrected chi connectivity index (χ4v) is 1.60. The molecular weight excluding hydrogens is 216 g/mol. The maximum absolute atomic E-state index is 10.7. The summed E-state index contributed by atoms with van der Waals surface area (Å²) in [6, 6.07) is 1.76. The standard InChI is InChI=1S/C12H14N4O/c1-3-11-14-12(4-2)16(15-11)10-5-9(8-17)6-13-7-10/h5-8H,3-4H2,1-2H3. The maximum Gasteiger partial charge on any atom is 0.151 e. The van der Waals surface area contributed by atoms with E-state index in [0.29, 0.717) is 5.56 Å². The van der Waals surface area contributed by atoms with E-state index in [4.69, 9.17) is 0 Å². The van der Waals surface area contributed by atoms with E-state index in [2.05, 4.69) is 15.1 Å². The molecule has 0 aliphatic heterocycles. The van der Waals surface area contributed by atoms with Gasteiger partial charge in [0.1, 0.15) is 5.82 Å². The lowest BCUT2D eigenvalue weighted by Gasteiger charge is -2.03. The van der Waals surface area contributed by atoms with Crippen LogP contribution in [0.4, 0.5) is 0 Å². The molecule has 0 aromatic carbocycles. The summed E-state index contributed by atoms with van der Waals surface area (Å²) in [6.07, 6.45) is 5.57. The highest BCUT2D eigenvalue weighted by atomic mass is 16.1. The zero-order valence-electron chi connectivity index (χ0n) is 9.92. The first-order valence-electron chi connectivity index (χ1n) is 5.63. The molecule has 0 unspecified atom stereocenters. The average Bonchev–Trinajstić information content (AvgIpc) is 2.82. The summed E-state index contributed by atoms with van der Waals surface area (Å²) < 4.78 is 1.75. The van der Waals surface area contributed by atoms with E-state index >= 15 is 0 Å². The number of hydrogen-bond acceptors (Lipinski definition) is 4. The molecule has 2 heterocycles. The average molecular weight is 230 g/mol. The molecule has 0 saturated heterocycles. The Morgan fingerprint density at radius 2 is 2.12 bits per heavy atom. The lowest BCUT2D eigenvalue weighted by molar-refractivity contribution is 0.112. The molecule has 0 amide bonds. The minimum Gasteiger partial charge on any atom is -0.298 e. The van der Waals surface area contributed by atoms with Gasteiger partial charge in [-0.15, -0.1) is 0 Å². The van der Waals surface area contributed by atoms with Crippen molar-refractivity contribution in [2.75, 3.05) is 0 Å². The monoisotopic (exact) mass is 230 g/mol. The van der Waals surface area contributed by atoms with Gasteiger partial charge in [-0.1, -0.05) is 13.8 Å². The second-order valence-corrected chi connectivity index (χ2v) is 3.66. The molecule has 2 aromatic heterocycles. The minimum atomic E-state index is 0.540. The van der Waals surface area contributed by atoms with Crippen LogP contribution in [0.5, 0.6) is 0 Å². The Bertz CT molecular complexity index is 533. The van der Waals surface area contributed by atoms with Crippen molar-refractivity contribution in [3.63, 3.8) is 0 Å². The van der Waals surface area contributed by atoms with Crippen molar-refractivity contribution in [3.8, 4) is 5.69 Å². The Hall–Kier alpha value is -2.04. The Kier molecular flexibility index (Phi) is 3.27. The lowest BCUT2D eigenvalue weighted by Crippen LogP contribution is -2.03. The molecule has 0 N–H and O–H groups in total. The summed E-state index contributed by atoms with van der Waals surface area (Å²) in [4.78, 5) is 19.2. The molecule has 0 atom stereocenters. The number of hydrogen-bond donors (Lipinski definition) is 0. The molecule has 17 heavy (non-hydrogen) atoms. The van der Waals surface area contributed by atoms with Gasteiger partial charge < -0.3 is 0 Å². The van der Waals surface area contributed by atoms with Gasteiger partial charge in [0.05, 0.1) is 11.9 Å². The summed E-state index contributed by atoms with van der Waals surface area (Å²) in [5, 5.41) is 4.39. The summed E-state index contributed by atoms with van der Waals surface area (Å²) in [7, 11) is 0. The van der Waals surface area contributed by atoms with Crippen molar-refractivity contribution >= 4 is 6.29 Å². The highest BCUT2D eigenvalue weighted by Crippen LogP contribution is 2.11. The van der Waals surface area contributed by atoms with E-state index in [1.807, 2.05) is 13.8 Å². The number of aromatic nitrogens is 4. The Morgan fingerprint density at radius 1 is 1.29 bits per heavy atom. The van der Waals surface area contributed by atoms with E-state index in [9.17, 15) is 4.79 Å². The summed E-state index contributed by atoms with van der Waals surface area (Å²) in [5.41, 5.74) is 1.32. The predicted octanol–water partition coefficient (Wildman–Crippen LogP) is 1.60. The lowest BCUT2D eigenvalue weighted by atomic mass is 10.3. The van der Waals surface area contributed by atoms with Crippen molar-refractivity contribution in [1.29, 1.82) is 0 Å². The van der Waals surface area contributed by atoms with Crippen LogP contribution < -0.4 is 0 Å². The molecular formula is C12H14N4O. The highest BCUT2D eigenvalue weighted by Gasteiger charge is 2.09. The predicted molar refractivity (Wildman–Crippen MR) is 63.3 cm³/mol. The van der Waals surface area contributed by atoms with Gasteiger partial charge in [0.15, 0.2) is 12.1 Å². The molecule has 5 heteroatoms. The zero-order chi connectivity index (χ0) is 12.3.